The summed E-state index contributed by atoms with van der Waals surface area (Å²) >= 11 is 0. The molecule has 1 aliphatic rings. The van der Waals surface area contributed by atoms with Gasteiger partial charge in [0.2, 0.25) is 5.91 Å². The molecular weight excluding hydrogens is 280 g/mol. The lowest BCUT2D eigenvalue weighted by molar-refractivity contribution is -0.384. The van der Waals surface area contributed by atoms with Crippen molar-refractivity contribution in [1.82, 2.24) is 0 Å². The fraction of sp³-hybridized carbons (Fsp3) is 0.333. The van der Waals surface area contributed by atoms with Crippen LogP contribution in [0.25, 0.3) is 0 Å². The number of amides is 2. The molecule has 9 heteroatoms. The summed E-state index contributed by atoms with van der Waals surface area (Å²) in [5, 5.41) is 16.5. The Hall–Kier alpha value is -2.84. The summed E-state index contributed by atoms with van der Waals surface area (Å²) in [6.07, 6.45) is 0.637. The first kappa shape index (κ1) is 14.6. The van der Waals surface area contributed by atoms with Gasteiger partial charge in [-0.3, -0.25) is 19.7 Å². The van der Waals surface area contributed by atoms with Crippen molar-refractivity contribution in [2.45, 2.75) is 12.8 Å². The zero-order valence-corrected chi connectivity index (χ0v) is 11.0. The number of fused-ring (bicyclic) bond motifs is 1. The van der Waals surface area contributed by atoms with E-state index < -0.39 is 10.8 Å². The van der Waals surface area contributed by atoms with Gasteiger partial charge < -0.3 is 21.1 Å². The Morgan fingerprint density at radius 1 is 1.52 bits per heavy atom. The van der Waals surface area contributed by atoms with E-state index in [0.29, 0.717) is 18.7 Å². The molecule has 0 saturated carbocycles. The highest BCUT2D eigenvalue weighted by molar-refractivity contribution is 5.96. The van der Waals surface area contributed by atoms with Gasteiger partial charge in [0.1, 0.15) is 5.69 Å². The Labute approximate surface area is 119 Å². The molecule has 0 bridgehead atoms. The lowest BCUT2D eigenvalue weighted by atomic mass is 10.2. The normalized spacial score (nSPS) is 12.9. The van der Waals surface area contributed by atoms with Crippen molar-refractivity contribution in [2.24, 2.45) is 5.73 Å². The van der Waals surface area contributed by atoms with Gasteiger partial charge in [-0.2, -0.15) is 0 Å². The maximum Gasteiger partial charge on any atom is 0.296 e. The summed E-state index contributed by atoms with van der Waals surface area (Å²) < 4.78 is 5.13. The molecule has 1 aliphatic heterocycles. The second-order valence-electron chi connectivity index (χ2n) is 4.46. The van der Waals surface area contributed by atoms with Crippen molar-refractivity contribution in [3.8, 4) is 5.75 Å². The second-order valence-corrected chi connectivity index (χ2v) is 4.46. The number of primary amides is 1. The van der Waals surface area contributed by atoms with Crippen LogP contribution in [-0.4, -0.2) is 29.9 Å². The molecule has 1 aromatic rings. The first-order valence-electron chi connectivity index (χ1n) is 6.24. The van der Waals surface area contributed by atoms with E-state index in [4.69, 9.17) is 10.5 Å². The smallest absolute Gasteiger partial charge is 0.296 e. The first-order chi connectivity index (χ1) is 9.97. The molecule has 21 heavy (non-hydrogen) atoms. The van der Waals surface area contributed by atoms with Crippen LogP contribution in [-0.2, 0) is 9.59 Å². The fourth-order valence-electron chi connectivity index (χ4n) is 1.89. The number of benzene rings is 1. The lowest BCUT2D eigenvalue weighted by Gasteiger charge is -2.19. The Morgan fingerprint density at radius 2 is 2.29 bits per heavy atom. The number of hydrogen-bond donors (Lipinski definition) is 3. The summed E-state index contributed by atoms with van der Waals surface area (Å²) in [6.45, 7) is 0.174. The molecule has 2 amide bonds. The van der Waals surface area contributed by atoms with Gasteiger partial charge in [0.15, 0.2) is 12.4 Å². The topological polar surface area (TPSA) is 137 Å². The Morgan fingerprint density at radius 3 is 2.95 bits per heavy atom. The van der Waals surface area contributed by atoms with Gasteiger partial charge >= 0.3 is 0 Å². The van der Waals surface area contributed by atoms with Crippen molar-refractivity contribution in [1.29, 1.82) is 0 Å². The predicted molar refractivity (Wildman–Crippen MR) is 74.1 cm³/mol. The van der Waals surface area contributed by atoms with Crippen LogP contribution in [0.1, 0.15) is 12.8 Å². The zero-order valence-electron chi connectivity index (χ0n) is 11.0. The standard InChI is InChI=1S/C12H14N4O5/c13-11(17)2-1-3-14-7-4-8-10(5-9(7)16(19)20)21-6-12(18)15-8/h4-5,14H,1-3,6H2,(H2,13,17)(H,15,18). The molecule has 2 rings (SSSR count). The van der Waals surface area contributed by atoms with E-state index in [1.165, 1.54) is 12.1 Å². The maximum absolute atomic E-state index is 11.2. The number of carbonyl (C=O) groups is 2. The van der Waals surface area contributed by atoms with E-state index in [9.17, 15) is 19.7 Å². The average Bonchev–Trinajstić information content (AvgIpc) is 2.42. The van der Waals surface area contributed by atoms with Crippen LogP contribution in [0.2, 0.25) is 0 Å². The maximum atomic E-state index is 11.2. The van der Waals surface area contributed by atoms with E-state index in [1.807, 2.05) is 0 Å². The molecule has 1 heterocycles. The summed E-state index contributed by atoms with van der Waals surface area (Å²) in [5.74, 6) is -0.502. The molecule has 0 fully saturated rings. The largest absolute Gasteiger partial charge is 0.481 e. The van der Waals surface area contributed by atoms with Crippen molar-refractivity contribution < 1.29 is 19.2 Å². The van der Waals surface area contributed by atoms with Gasteiger partial charge in [-0.15, -0.1) is 0 Å². The predicted octanol–water partition coefficient (Wildman–Crippen LogP) is 0.603. The molecule has 0 radical (unpaired) electrons. The summed E-state index contributed by atoms with van der Waals surface area (Å²) in [4.78, 5) is 32.4. The molecule has 0 saturated heterocycles. The van der Waals surface area contributed by atoms with Gasteiger partial charge in [-0.1, -0.05) is 0 Å². The van der Waals surface area contributed by atoms with Crippen LogP contribution in [0.4, 0.5) is 17.1 Å². The quantitative estimate of drug-likeness (QED) is 0.399. The molecule has 0 aliphatic carbocycles. The number of hydrogen-bond acceptors (Lipinski definition) is 6. The third-order valence-electron chi connectivity index (χ3n) is 2.84. The van der Waals surface area contributed by atoms with E-state index in [2.05, 4.69) is 10.6 Å². The van der Waals surface area contributed by atoms with Crippen LogP contribution in [0.5, 0.6) is 5.75 Å². The Bertz CT molecular complexity index is 602. The SMILES string of the molecule is NC(=O)CCCNc1cc2c(cc1[N+](=O)[O-])OCC(=O)N2. The second kappa shape index (κ2) is 6.07. The minimum Gasteiger partial charge on any atom is -0.481 e. The van der Waals surface area contributed by atoms with Crippen molar-refractivity contribution in [3.05, 3.63) is 22.2 Å². The van der Waals surface area contributed by atoms with Crippen molar-refractivity contribution >= 4 is 28.9 Å². The number of nitrogens with one attached hydrogen (secondary N) is 2. The van der Waals surface area contributed by atoms with Crippen LogP contribution >= 0.6 is 0 Å². The molecule has 4 N–H and O–H groups in total. The zero-order chi connectivity index (χ0) is 15.4. The number of carbonyl (C=O) groups excluding carboxylic acids is 2. The summed E-state index contributed by atoms with van der Waals surface area (Å²) in [5.41, 5.74) is 5.47. The van der Waals surface area contributed by atoms with E-state index in [-0.39, 0.29) is 36.1 Å². The van der Waals surface area contributed by atoms with E-state index in [1.54, 1.807) is 0 Å². The molecule has 0 unspecified atom stereocenters. The van der Waals surface area contributed by atoms with Crippen LogP contribution in [0, 0.1) is 10.1 Å². The minimum atomic E-state index is -0.545. The van der Waals surface area contributed by atoms with Crippen LogP contribution < -0.4 is 21.1 Å². The van der Waals surface area contributed by atoms with Gasteiger partial charge in [-0.25, -0.2) is 0 Å². The number of nitrogens with zero attached hydrogens (tertiary/aromatic N) is 1. The molecule has 0 spiro atoms. The fourth-order valence-corrected chi connectivity index (χ4v) is 1.89. The summed E-state index contributed by atoms with van der Waals surface area (Å²) in [6, 6.07) is 2.69. The highest BCUT2D eigenvalue weighted by atomic mass is 16.6. The number of rotatable bonds is 6. The molecule has 1 aromatic carbocycles. The monoisotopic (exact) mass is 294 g/mol. The Balaban J connectivity index is 2.17. The van der Waals surface area contributed by atoms with Gasteiger partial charge in [-0.05, 0) is 12.5 Å². The molecule has 9 nitrogen and oxygen atoms in total. The summed E-state index contributed by atoms with van der Waals surface area (Å²) in [7, 11) is 0. The number of ether oxygens (including phenoxy) is 1. The van der Waals surface area contributed by atoms with Gasteiger partial charge in [0.05, 0.1) is 16.7 Å². The molecule has 0 atom stereocenters. The Kier molecular flexibility index (Phi) is 4.21. The van der Waals surface area contributed by atoms with Crippen LogP contribution in [0.3, 0.4) is 0 Å². The number of nitro benzene ring substituents is 1. The van der Waals surface area contributed by atoms with Gasteiger partial charge in [0, 0.05) is 13.0 Å². The van der Waals surface area contributed by atoms with E-state index in [0.717, 1.165) is 0 Å². The highest BCUT2D eigenvalue weighted by Crippen LogP contribution is 2.37. The molecular formula is C12H14N4O5. The number of nitrogens with two attached hydrogens (primary N) is 1. The third-order valence-corrected chi connectivity index (χ3v) is 2.84. The third kappa shape index (κ3) is 3.59. The number of anilines is 2. The lowest BCUT2D eigenvalue weighted by Crippen LogP contribution is -2.25. The van der Waals surface area contributed by atoms with Crippen LogP contribution in [0.15, 0.2) is 12.1 Å². The average molecular weight is 294 g/mol. The van der Waals surface area contributed by atoms with Crippen molar-refractivity contribution in [2.75, 3.05) is 23.8 Å². The van der Waals surface area contributed by atoms with E-state index >= 15 is 0 Å². The number of nitro groups is 1. The molecule has 0 aromatic heterocycles. The molecule has 112 valence electrons. The van der Waals surface area contributed by atoms with Gasteiger partial charge in [0.25, 0.3) is 11.6 Å². The first-order valence-corrected chi connectivity index (χ1v) is 6.24. The minimum absolute atomic E-state index is 0.163. The van der Waals surface area contributed by atoms with Crippen molar-refractivity contribution in [3.63, 3.8) is 0 Å². The highest BCUT2D eigenvalue weighted by Gasteiger charge is 2.23.